The Bertz CT molecular complexity index is 433. The lowest BCUT2D eigenvalue weighted by Gasteiger charge is -2.15. The average Bonchev–Trinajstić information content (AvgIpc) is 3.08. The second kappa shape index (κ2) is 5.15. The molecule has 1 aliphatic rings. The molecule has 1 fully saturated rings. The van der Waals surface area contributed by atoms with Crippen LogP contribution in [-0.4, -0.2) is 18.1 Å². The van der Waals surface area contributed by atoms with Crippen LogP contribution in [0.5, 0.6) is 5.75 Å². The quantitative estimate of drug-likeness (QED) is 0.916. The van der Waals surface area contributed by atoms with Gasteiger partial charge in [-0.15, -0.1) is 0 Å². The maximum atomic E-state index is 11.7. The Balaban J connectivity index is 1.99. The normalized spacial score (nSPS) is 16.4. The summed E-state index contributed by atoms with van der Waals surface area (Å²) in [6, 6.07) is 5.42. The fourth-order valence-corrected chi connectivity index (χ4v) is 1.70. The van der Waals surface area contributed by atoms with Crippen molar-refractivity contribution in [2.75, 3.05) is 0 Å². The summed E-state index contributed by atoms with van der Waals surface area (Å²) in [4.78, 5) is 11.7. The number of benzene rings is 1. The summed E-state index contributed by atoms with van der Waals surface area (Å²) >= 11 is 11.8. The zero-order valence-electron chi connectivity index (χ0n) is 9.37. The Kier molecular flexibility index (Phi) is 3.79. The van der Waals surface area contributed by atoms with Crippen LogP contribution in [0.25, 0.3) is 0 Å². The van der Waals surface area contributed by atoms with Crippen molar-refractivity contribution in [1.29, 1.82) is 0 Å². The van der Waals surface area contributed by atoms with Crippen LogP contribution in [0.4, 0.5) is 0 Å². The molecule has 5 heteroatoms. The van der Waals surface area contributed by atoms with E-state index in [1.165, 1.54) is 0 Å². The largest absolute Gasteiger partial charge is 0.479 e. The van der Waals surface area contributed by atoms with Gasteiger partial charge in [0.1, 0.15) is 10.8 Å². The van der Waals surface area contributed by atoms with Crippen molar-refractivity contribution < 1.29 is 9.53 Å². The van der Waals surface area contributed by atoms with Crippen LogP contribution in [0.3, 0.4) is 0 Å². The molecule has 1 aliphatic carbocycles. The van der Waals surface area contributed by atoms with Crippen molar-refractivity contribution in [1.82, 2.24) is 5.32 Å². The molecule has 0 spiro atoms. The van der Waals surface area contributed by atoms with Crippen molar-refractivity contribution in [3.8, 4) is 5.75 Å². The molecule has 17 heavy (non-hydrogen) atoms. The Morgan fingerprint density at radius 1 is 1.47 bits per heavy atom. The molecule has 3 nitrogen and oxygen atoms in total. The maximum absolute atomic E-state index is 11.7. The van der Waals surface area contributed by atoms with E-state index in [0.717, 1.165) is 12.8 Å². The van der Waals surface area contributed by atoms with Crippen LogP contribution < -0.4 is 10.1 Å². The van der Waals surface area contributed by atoms with Gasteiger partial charge in [0.05, 0.1) is 5.02 Å². The number of nitrogens with one attached hydrogen (secondary N) is 1. The second-order valence-corrected chi connectivity index (χ2v) is 4.88. The second-order valence-electron chi connectivity index (χ2n) is 4.09. The molecular formula is C12H13Cl2NO2. The predicted molar refractivity (Wildman–Crippen MR) is 67.7 cm³/mol. The van der Waals surface area contributed by atoms with Crippen molar-refractivity contribution in [3.63, 3.8) is 0 Å². The molecule has 1 amide bonds. The third kappa shape index (κ3) is 3.27. The topological polar surface area (TPSA) is 38.3 Å². The van der Waals surface area contributed by atoms with Crippen LogP contribution in [-0.2, 0) is 4.79 Å². The molecule has 1 N–H and O–H groups in total. The smallest absolute Gasteiger partial charge is 0.260 e. The first kappa shape index (κ1) is 12.5. The van der Waals surface area contributed by atoms with Gasteiger partial charge in [-0.3, -0.25) is 4.79 Å². The highest BCUT2D eigenvalue weighted by atomic mass is 35.5. The summed E-state index contributed by atoms with van der Waals surface area (Å²) in [5.74, 6) is 0.307. The van der Waals surface area contributed by atoms with Crippen molar-refractivity contribution >= 4 is 29.1 Å². The molecule has 0 aliphatic heterocycles. The van der Waals surface area contributed by atoms with Gasteiger partial charge < -0.3 is 10.1 Å². The van der Waals surface area contributed by atoms with Crippen LogP contribution in [0.1, 0.15) is 19.8 Å². The third-order valence-electron chi connectivity index (χ3n) is 2.51. The van der Waals surface area contributed by atoms with Gasteiger partial charge in [0.2, 0.25) is 0 Å². The lowest BCUT2D eigenvalue weighted by Crippen LogP contribution is -2.37. The third-order valence-corrected chi connectivity index (χ3v) is 3.31. The van der Waals surface area contributed by atoms with E-state index >= 15 is 0 Å². The van der Waals surface area contributed by atoms with Gasteiger partial charge in [-0.05, 0) is 31.9 Å². The molecule has 1 aromatic rings. The molecule has 1 atom stereocenters. The monoisotopic (exact) mass is 273 g/mol. The highest BCUT2D eigenvalue weighted by Gasteiger charge is 2.26. The van der Waals surface area contributed by atoms with Crippen LogP contribution >= 0.6 is 23.2 Å². The van der Waals surface area contributed by atoms with E-state index in [0.29, 0.717) is 21.8 Å². The Labute approximate surface area is 110 Å². The highest BCUT2D eigenvalue weighted by molar-refractivity contribution is 6.42. The summed E-state index contributed by atoms with van der Waals surface area (Å²) in [5, 5.41) is 3.62. The summed E-state index contributed by atoms with van der Waals surface area (Å²) < 4.78 is 5.49. The van der Waals surface area contributed by atoms with Crippen LogP contribution in [0, 0.1) is 0 Å². The van der Waals surface area contributed by atoms with Gasteiger partial charge in [0.25, 0.3) is 5.91 Å². The molecule has 92 valence electrons. The summed E-state index contributed by atoms with van der Waals surface area (Å²) in [6.45, 7) is 1.69. The Morgan fingerprint density at radius 2 is 2.18 bits per heavy atom. The molecule has 2 rings (SSSR count). The van der Waals surface area contributed by atoms with Gasteiger partial charge in [0.15, 0.2) is 6.10 Å². The summed E-state index contributed by atoms with van der Waals surface area (Å²) in [5.41, 5.74) is 0. The minimum atomic E-state index is -0.577. The molecular weight excluding hydrogens is 261 g/mol. The van der Waals surface area contributed by atoms with Crippen LogP contribution in [0.2, 0.25) is 10.0 Å². The van der Waals surface area contributed by atoms with Gasteiger partial charge in [-0.1, -0.05) is 29.3 Å². The van der Waals surface area contributed by atoms with Gasteiger partial charge in [-0.25, -0.2) is 0 Å². The Morgan fingerprint density at radius 3 is 2.82 bits per heavy atom. The minimum absolute atomic E-state index is 0.122. The first-order chi connectivity index (χ1) is 8.08. The standard InChI is InChI=1S/C12H13Cl2NO2/c1-7(12(16)15-8-5-6-8)17-10-4-2-3-9(13)11(10)14/h2-4,7-8H,5-6H2,1H3,(H,15,16)/t7-/m0/s1. The molecule has 0 radical (unpaired) electrons. The van der Waals surface area contributed by atoms with E-state index in [-0.39, 0.29) is 5.91 Å². The molecule has 1 saturated carbocycles. The number of hydrogen-bond acceptors (Lipinski definition) is 2. The lowest BCUT2D eigenvalue weighted by atomic mass is 10.3. The molecule has 0 saturated heterocycles. The maximum Gasteiger partial charge on any atom is 0.260 e. The van der Waals surface area contributed by atoms with Crippen LogP contribution in [0.15, 0.2) is 18.2 Å². The van der Waals surface area contributed by atoms with Gasteiger partial charge >= 0.3 is 0 Å². The number of rotatable bonds is 4. The number of ether oxygens (including phenoxy) is 1. The first-order valence-corrected chi connectivity index (χ1v) is 6.24. The van der Waals surface area contributed by atoms with E-state index in [9.17, 15) is 4.79 Å². The van der Waals surface area contributed by atoms with E-state index in [4.69, 9.17) is 27.9 Å². The lowest BCUT2D eigenvalue weighted by molar-refractivity contribution is -0.127. The van der Waals surface area contributed by atoms with Gasteiger partial charge in [0, 0.05) is 6.04 Å². The van der Waals surface area contributed by atoms with E-state index < -0.39 is 6.10 Å². The number of halogens is 2. The zero-order valence-corrected chi connectivity index (χ0v) is 10.9. The predicted octanol–water partition coefficient (Wildman–Crippen LogP) is 3.04. The minimum Gasteiger partial charge on any atom is -0.479 e. The number of amides is 1. The molecule has 1 aromatic carbocycles. The number of carbonyl (C=O) groups is 1. The fourth-order valence-electron chi connectivity index (χ4n) is 1.37. The van der Waals surface area contributed by atoms with E-state index in [1.54, 1.807) is 25.1 Å². The first-order valence-electron chi connectivity index (χ1n) is 5.49. The highest BCUT2D eigenvalue weighted by Crippen LogP contribution is 2.32. The Hall–Kier alpha value is -0.930. The van der Waals surface area contributed by atoms with Crippen molar-refractivity contribution in [2.24, 2.45) is 0 Å². The summed E-state index contributed by atoms with van der Waals surface area (Å²) in [7, 11) is 0. The molecule has 0 heterocycles. The summed E-state index contributed by atoms with van der Waals surface area (Å²) in [6.07, 6.45) is 1.53. The van der Waals surface area contributed by atoms with Gasteiger partial charge in [-0.2, -0.15) is 0 Å². The number of hydrogen-bond donors (Lipinski definition) is 1. The van der Waals surface area contributed by atoms with E-state index in [1.807, 2.05) is 0 Å². The fraction of sp³-hybridized carbons (Fsp3) is 0.417. The molecule has 0 unspecified atom stereocenters. The zero-order chi connectivity index (χ0) is 12.4. The SMILES string of the molecule is C[C@H](Oc1cccc(Cl)c1Cl)C(=O)NC1CC1. The van der Waals surface area contributed by atoms with Crippen molar-refractivity contribution in [2.45, 2.75) is 31.9 Å². The average molecular weight is 274 g/mol. The number of carbonyl (C=O) groups excluding carboxylic acids is 1. The molecule has 0 aromatic heterocycles. The van der Waals surface area contributed by atoms with E-state index in [2.05, 4.69) is 5.32 Å². The molecule has 0 bridgehead atoms. The van der Waals surface area contributed by atoms with Crippen molar-refractivity contribution in [3.05, 3.63) is 28.2 Å².